The number of nitrogens with one attached hydrogen (secondary N) is 1. The first kappa shape index (κ1) is 21.5. The van der Waals surface area contributed by atoms with Crippen molar-refractivity contribution in [2.45, 2.75) is 64.6 Å². The summed E-state index contributed by atoms with van der Waals surface area (Å²) in [6.07, 6.45) is 2.95. The summed E-state index contributed by atoms with van der Waals surface area (Å²) in [4.78, 5) is 52.6. The van der Waals surface area contributed by atoms with Gasteiger partial charge in [0, 0.05) is 6.04 Å². The van der Waals surface area contributed by atoms with Gasteiger partial charge in [-0.15, -0.1) is 0 Å². The van der Waals surface area contributed by atoms with Crippen molar-refractivity contribution in [1.82, 2.24) is 24.8 Å². The zero-order valence-corrected chi connectivity index (χ0v) is 17.2. The van der Waals surface area contributed by atoms with Crippen molar-refractivity contribution in [2.24, 2.45) is 5.92 Å². The van der Waals surface area contributed by atoms with Gasteiger partial charge in [0.1, 0.15) is 5.60 Å². The molecule has 0 aromatic carbocycles. The molecule has 2 heterocycles. The average Bonchev–Trinajstić information content (AvgIpc) is 2.65. The summed E-state index contributed by atoms with van der Waals surface area (Å²) in [6, 6.07) is -0.198. The number of rotatable bonds is 4. The number of nitrogens with zero attached hydrogens (tertiary/aromatic N) is 4. The standard InChI is InChI=1S/C19H26N6O5/c1-19(2,3)30-18(29)25(12-6-4-10(5-7-12)16(27)28)9-11-8-21-14-13(22-11)15(26)24-17(20)23-14/h8,10,12H,4-7,9H2,1-3H3,(H,27,28)(H3,20,21,23,24,26). The van der Waals surface area contributed by atoms with Crippen LogP contribution in [-0.2, 0) is 16.1 Å². The lowest BCUT2D eigenvalue weighted by atomic mass is 9.85. The summed E-state index contributed by atoms with van der Waals surface area (Å²) >= 11 is 0. The molecular formula is C19H26N6O5. The third-order valence-corrected chi connectivity index (χ3v) is 4.93. The molecule has 2 aromatic heterocycles. The van der Waals surface area contributed by atoms with Gasteiger partial charge in [-0.05, 0) is 46.5 Å². The number of aromatic nitrogens is 4. The Morgan fingerprint density at radius 2 is 1.93 bits per heavy atom. The van der Waals surface area contributed by atoms with Crippen LogP contribution < -0.4 is 11.3 Å². The van der Waals surface area contributed by atoms with Crippen molar-refractivity contribution in [3.05, 3.63) is 22.2 Å². The molecule has 0 saturated heterocycles. The number of fused-ring (bicyclic) bond motifs is 1. The Hall–Kier alpha value is -3.24. The molecule has 0 atom stereocenters. The predicted molar refractivity (Wildman–Crippen MR) is 108 cm³/mol. The first-order valence-electron chi connectivity index (χ1n) is 9.77. The molecule has 30 heavy (non-hydrogen) atoms. The van der Waals surface area contributed by atoms with E-state index in [-0.39, 0.29) is 29.7 Å². The molecule has 2 aromatic rings. The van der Waals surface area contributed by atoms with Crippen LogP contribution in [0.3, 0.4) is 0 Å². The van der Waals surface area contributed by atoms with E-state index in [1.54, 1.807) is 20.8 Å². The Morgan fingerprint density at radius 3 is 2.53 bits per heavy atom. The largest absolute Gasteiger partial charge is 0.481 e. The van der Waals surface area contributed by atoms with Gasteiger partial charge in [0.2, 0.25) is 5.95 Å². The molecule has 162 valence electrons. The number of ether oxygens (including phenoxy) is 1. The van der Waals surface area contributed by atoms with Crippen molar-refractivity contribution in [2.75, 3.05) is 5.73 Å². The van der Waals surface area contributed by atoms with Gasteiger partial charge in [-0.1, -0.05) is 0 Å². The third kappa shape index (κ3) is 5.02. The van der Waals surface area contributed by atoms with Gasteiger partial charge in [-0.3, -0.25) is 19.5 Å². The number of carbonyl (C=O) groups excluding carboxylic acids is 1. The predicted octanol–water partition coefficient (Wildman–Crippen LogP) is 1.68. The highest BCUT2D eigenvalue weighted by molar-refractivity contribution is 5.71. The molecule has 1 aliphatic carbocycles. The number of carboxylic acid groups (broad SMARTS) is 1. The summed E-state index contributed by atoms with van der Waals surface area (Å²) in [7, 11) is 0. The van der Waals surface area contributed by atoms with E-state index in [9.17, 15) is 19.5 Å². The lowest BCUT2D eigenvalue weighted by Gasteiger charge is -2.36. The van der Waals surface area contributed by atoms with Crippen LogP contribution in [0.1, 0.15) is 52.1 Å². The minimum Gasteiger partial charge on any atom is -0.481 e. The first-order chi connectivity index (χ1) is 14.0. The van der Waals surface area contributed by atoms with Crippen LogP contribution in [0.5, 0.6) is 0 Å². The lowest BCUT2D eigenvalue weighted by Crippen LogP contribution is -2.45. The van der Waals surface area contributed by atoms with E-state index in [0.717, 1.165) is 0 Å². The van der Waals surface area contributed by atoms with E-state index >= 15 is 0 Å². The summed E-state index contributed by atoms with van der Waals surface area (Å²) in [5.41, 5.74) is 4.86. The Kier molecular flexibility index (Phi) is 5.90. The number of hydrogen-bond acceptors (Lipinski definition) is 8. The molecule has 1 fully saturated rings. The van der Waals surface area contributed by atoms with Crippen LogP contribution in [0.25, 0.3) is 11.2 Å². The highest BCUT2D eigenvalue weighted by atomic mass is 16.6. The van der Waals surface area contributed by atoms with E-state index in [4.69, 9.17) is 10.5 Å². The van der Waals surface area contributed by atoms with Crippen LogP contribution in [0.15, 0.2) is 11.0 Å². The number of nitrogen functional groups attached to an aromatic ring is 1. The Balaban J connectivity index is 1.87. The highest BCUT2D eigenvalue weighted by Gasteiger charge is 2.34. The van der Waals surface area contributed by atoms with Gasteiger partial charge in [0.05, 0.1) is 24.4 Å². The van der Waals surface area contributed by atoms with E-state index in [0.29, 0.717) is 31.4 Å². The van der Waals surface area contributed by atoms with Crippen LogP contribution in [0.2, 0.25) is 0 Å². The SMILES string of the molecule is CC(C)(C)OC(=O)N(Cc1cnc2nc(N)[nH]c(=O)c2n1)C1CCC(C(=O)O)CC1. The number of hydrogen-bond donors (Lipinski definition) is 3. The topological polar surface area (TPSA) is 164 Å². The molecule has 0 aliphatic heterocycles. The van der Waals surface area contributed by atoms with Crippen molar-refractivity contribution in [3.63, 3.8) is 0 Å². The number of nitrogens with two attached hydrogens (primary N) is 1. The Labute approximate surface area is 172 Å². The van der Waals surface area contributed by atoms with Gasteiger partial charge >= 0.3 is 12.1 Å². The smallest absolute Gasteiger partial charge is 0.410 e. The number of anilines is 1. The van der Waals surface area contributed by atoms with Crippen LogP contribution in [-0.4, -0.2) is 53.6 Å². The number of carbonyl (C=O) groups is 2. The summed E-state index contributed by atoms with van der Waals surface area (Å²) in [5.74, 6) is -1.28. The Morgan fingerprint density at radius 1 is 1.27 bits per heavy atom. The first-order valence-corrected chi connectivity index (χ1v) is 9.77. The maximum Gasteiger partial charge on any atom is 0.410 e. The van der Waals surface area contributed by atoms with Gasteiger partial charge < -0.3 is 15.6 Å². The minimum absolute atomic E-state index is 0.0282. The maximum absolute atomic E-state index is 12.9. The number of amides is 1. The number of H-pyrrole nitrogens is 1. The monoisotopic (exact) mass is 418 g/mol. The molecule has 1 amide bonds. The van der Waals surface area contributed by atoms with Gasteiger partial charge in [-0.25, -0.2) is 14.8 Å². The third-order valence-electron chi connectivity index (χ3n) is 4.93. The van der Waals surface area contributed by atoms with Crippen molar-refractivity contribution < 1.29 is 19.4 Å². The normalized spacial score (nSPS) is 19.4. The molecule has 0 unspecified atom stereocenters. The number of carboxylic acids is 1. The van der Waals surface area contributed by atoms with E-state index in [2.05, 4.69) is 19.9 Å². The minimum atomic E-state index is -0.816. The molecule has 0 spiro atoms. The van der Waals surface area contributed by atoms with Gasteiger partial charge in [0.15, 0.2) is 11.2 Å². The zero-order valence-electron chi connectivity index (χ0n) is 17.2. The fourth-order valence-corrected chi connectivity index (χ4v) is 3.52. The maximum atomic E-state index is 12.9. The second-order valence-electron chi connectivity index (χ2n) is 8.44. The summed E-state index contributed by atoms with van der Waals surface area (Å²) in [5, 5.41) is 9.24. The summed E-state index contributed by atoms with van der Waals surface area (Å²) in [6.45, 7) is 5.39. The highest BCUT2D eigenvalue weighted by Crippen LogP contribution is 2.29. The zero-order chi connectivity index (χ0) is 22.1. The molecule has 0 bridgehead atoms. The van der Waals surface area contributed by atoms with Gasteiger partial charge in [-0.2, -0.15) is 4.98 Å². The Bertz CT molecular complexity index is 1010. The molecular weight excluding hydrogens is 392 g/mol. The fourth-order valence-electron chi connectivity index (χ4n) is 3.52. The fraction of sp³-hybridized carbons (Fsp3) is 0.579. The molecule has 3 rings (SSSR count). The summed E-state index contributed by atoms with van der Waals surface area (Å²) < 4.78 is 5.55. The molecule has 1 saturated carbocycles. The average molecular weight is 418 g/mol. The van der Waals surface area contributed by atoms with E-state index < -0.39 is 29.1 Å². The molecule has 4 N–H and O–H groups in total. The molecule has 0 radical (unpaired) electrons. The second-order valence-corrected chi connectivity index (χ2v) is 8.44. The van der Waals surface area contributed by atoms with E-state index in [1.807, 2.05) is 0 Å². The number of aliphatic carboxylic acids is 1. The van der Waals surface area contributed by atoms with E-state index in [1.165, 1.54) is 11.1 Å². The molecule has 11 nitrogen and oxygen atoms in total. The van der Waals surface area contributed by atoms with Crippen molar-refractivity contribution >= 4 is 29.2 Å². The van der Waals surface area contributed by atoms with Crippen LogP contribution in [0.4, 0.5) is 10.7 Å². The van der Waals surface area contributed by atoms with Crippen LogP contribution >= 0.6 is 0 Å². The van der Waals surface area contributed by atoms with Crippen molar-refractivity contribution in [1.29, 1.82) is 0 Å². The van der Waals surface area contributed by atoms with Crippen molar-refractivity contribution in [3.8, 4) is 0 Å². The quantitative estimate of drug-likeness (QED) is 0.669. The molecule has 1 aliphatic rings. The molecule has 11 heteroatoms. The second kappa shape index (κ2) is 8.25. The van der Waals surface area contributed by atoms with Gasteiger partial charge in [0.25, 0.3) is 5.56 Å². The van der Waals surface area contributed by atoms with Crippen LogP contribution in [0, 0.1) is 5.92 Å². The number of aromatic amines is 1. The lowest BCUT2D eigenvalue weighted by molar-refractivity contribution is -0.143.